The first-order valence-corrected chi connectivity index (χ1v) is 7.46. The third-order valence-corrected chi connectivity index (χ3v) is 3.54. The van der Waals surface area contributed by atoms with Crippen LogP contribution in [0.25, 0.3) is 0 Å². The van der Waals surface area contributed by atoms with Crippen molar-refractivity contribution in [3.63, 3.8) is 0 Å². The van der Waals surface area contributed by atoms with E-state index in [1.54, 1.807) is 30.7 Å². The molecule has 1 atom stereocenters. The number of nitrogens with zero attached hydrogens (tertiary/aromatic N) is 2. The van der Waals surface area contributed by atoms with E-state index in [0.29, 0.717) is 23.0 Å². The summed E-state index contributed by atoms with van der Waals surface area (Å²) in [6, 6.07) is 5.16. The third-order valence-electron chi connectivity index (χ3n) is 2.97. The summed E-state index contributed by atoms with van der Waals surface area (Å²) in [4.78, 5) is 15.8. The smallest absolute Gasteiger partial charge is 0.306 e. The van der Waals surface area contributed by atoms with E-state index in [1.807, 2.05) is 17.7 Å². The number of aromatic nitrogens is 2. The second kappa shape index (κ2) is 7.48. The van der Waals surface area contributed by atoms with Gasteiger partial charge in [-0.1, -0.05) is 36.2 Å². The molecule has 0 saturated carbocycles. The fraction of sp³-hybridized carbons (Fsp3) is 0.333. The first-order chi connectivity index (χ1) is 10.1. The maximum absolute atomic E-state index is 11.8. The highest BCUT2D eigenvalue weighted by Gasteiger charge is 2.20. The number of ether oxygens (including phenoxy) is 1. The summed E-state index contributed by atoms with van der Waals surface area (Å²) in [5, 5.41) is 1.03. The van der Waals surface area contributed by atoms with Crippen LogP contribution in [-0.2, 0) is 16.1 Å². The molecule has 4 nitrogen and oxygen atoms in total. The second-order valence-electron chi connectivity index (χ2n) is 4.65. The molecule has 0 radical (unpaired) electrons. The fourth-order valence-corrected chi connectivity index (χ4v) is 2.50. The van der Waals surface area contributed by atoms with E-state index in [9.17, 15) is 4.79 Å². The van der Waals surface area contributed by atoms with Crippen LogP contribution in [0, 0.1) is 0 Å². The van der Waals surface area contributed by atoms with Gasteiger partial charge in [0.15, 0.2) is 0 Å². The summed E-state index contributed by atoms with van der Waals surface area (Å²) in [6.07, 6.45) is 5.81. The predicted molar refractivity (Wildman–Crippen MR) is 82.4 cm³/mol. The Balaban J connectivity index is 2.23. The van der Waals surface area contributed by atoms with Crippen molar-refractivity contribution in [1.29, 1.82) is 0 Å². The minimum atomic E-state index is -0.469. The van der Waals surface area contributed by atoms with Gasteiger partial charge in [0, 0.05) is 34.4 Å². The number of hydrogen-bond donors (Lipinski definition) is 0. The highest BCUT2D eigenvalue weighted by Crippen LogP contribution is 2.30. The van der Waals surface area contributed by atoms with Gasteiger partial charge < -0.3 is 9.30 Å². The number of hydrogen-bond acceptors (Lipinski definition) is 3. The van der Waals surface area contributed by atoms with E-state index in [0.717, 1.165) is 12.0 Å². The molecule has 0 aliphatic rings. The van der Waals surface area contributed by atoms with Crippen molar-refractivity contribution < 1.29 is 9.53 Å². The summed E-state index contributed by atoms with van der Waals surface area (Å²) in [5.74, 6) is -0.242. The number of rotatable bonds is 6. The van der Waals surface area contributed by atoms with Crippen LogP contribution in [0.5, 0.6) is 0 Å². The Morgan fingerprint density at radius 1 is 1.43 bits per heavy atom. The predicted octanol–water partition coefficient (Wildman–Crippen LogP) is 4.27. The van der Waals surface area contributed by atoms with Crippen LogP contribution in [0.4, 0.5) is 0 Å². The van der Waals surface area contributed by atoms with Crippen LogP contribution in [0.15, 0.2) is 36.9 Å². The molecule has 0 spiro atoms. The molecule has 6 heteroatoms. The van der Waals surface area contributed by atoms with Crippen molar-refractivity contribution in [2.24, 2.45) is 0 Å². The van der Waals surface area contributed by atoms with Crippen molar-refractivity contribution in [2.45, 2.75) is 32.4 Å². The van der Waals surface area contributed by atoms with Crippen molar-refractivity contribution in [1.82, 2.24) is 9.55 Å². The van der Waals surface area contributed by atoms with E-state index in [-0.39, 0.29) is 5.97 Å². The minimum absolute atomic E-state index is 0.242. The van der Waals surface area contributed by atoms with Gasteiger partial charge in [-0.05, 0) is 18.6 Å². The lowest BCUT2D eigenvalue weighted by Crippen LogP contribution is -2.16. The SMILES string of the molecule is CCCC(=O)OC(Cn1ccnc1)c1ccc(Cl)cc1Cl. The van der Waals surface area contributed by atoms with E-state index in [4.69, 9.17) is 27.9 Å². The largest absolute Gasteiger partial charge is 0.455 e. The Morgan fingerprint density at radius 2 is 2.24 bits per heavy atom. The van der Waals surface area contributed by atoms with Crippen molar-refractivity contribution >= 4 is 29.2 Å². The van der Waals surface area contributed by atoms with Crippen LogP contribution in [-0.4, -0.2) is 15.5 Å². The highest BCUT2D eigenvalue weighted by molar-refractivity contribution is 6.35. The van der Waals surface area contributed by atoms with Gasteiger partial charge in [-0.15, -0.1) is 0 Å². The standard InChI is InChI=1S/C15H16Cl2N2O2/c1-2-3-15(20)21-14(9-19-7-6-18-10-19)12-5-4-11(16)8-13(12)17/h4-8,10,14H,2-3,9H2,1H3. The van der Waals surface area contributed by atoms with E-state index in [1.165, 1.54) is 0 Å². The fourth-order valence-electron chi connectivity index (χ4n) is 1.97. The van der Waals surface area contributed by atoms with Crippen molar-refractivity contribution in [3.8, 4) is 0 Å². The first kappa shape index (κ1) is 15.9. The molecular formula is C15H16Cl2N2O2. The monoisotopic (exact) mass is 326 g/mol. The van der Waals surface area contributed by atoms with Gasteiger partial charge in [-0.2, -0.15) is 0 Å². The molecule has 1 heterocycles. The van der Waals surface area contributed by atoms with Crippen LogP contribution in [0.2, 0.25) is 10.0 Å². The molecule has 112 valence electrons. The number of carbonyl (C=O) groups excluding carboxylic acids is 1. The number of imidazole rings is 1. The number of benzene rings is 1. The molecule has 2 rings (SSSR count). The molecular weight excluding hydrogens is 311 g/mol. The summed E-state index contributed by atoms with van der Waals surface area (Å²) in [7, 11) is 0. The zero-order valence-electron chi connectivity index (χ0n) is 11.6. The third kappa shape index (κ3) is 4.48. The van der Waals surface area contributed by atoms with E-state index < -0.39 is 6.10 Å². The van der Waals surface area contributed by atoms with E-state index >= 15 is 0 Å². The van der Waals surface area contributed by atoms with Crippen molar-refractivity contribution in [3.05, 3.63) is 52.5 Å². The molecule has 0 amide bonds. The van der Waals surface area contributed by atoms with Crippen LogP contribution in [0.1, 0.15) is 31.4 Å². The number of carbonyl (C=O) groups is 1. The van der Waals surface area contributed by atoms with Crippen LogP contribution in [0.3, 0.4) is 0 Å². The molecule has 21 heavy (non-hydrogen) atoms. The quantitative estimate of drug-likeness (QED) is 0.744. The maximum atomic E-state index is 11.8. The van der Waals surface area contributed by atoms with Gasteiger partial charge in [-0.3, -0.25) is 4.79 Å². The highest BCUT2D eigenvalue weighted by atomic mass is 35.5. The minimum Gasteiger partial charge on any atom is -0.455 e. The molecule has 0 fully saturated rings. The molecule has 0 saturated heterocycles. The lowest BCUT2D eigenvalue weighted by molar-refractivity contribution is -0.150. The normalized spacial score (nSPS) is 12.1. The summed E-state index contributed by atoms with van der Waals surface area (Å²) in [6.45, 7) is 2.39. The average molecular weight is 327 g/mol. The molecule has 1 unspecified atom stereocenters. The molecule has 1 aromatic heterocycles. The molecule has 1 aromatic carbocycles. The van der Waals surface area contributed by atoms with Gasteiger partial charge >= 0.3 is 5.97 Å². The second-order valence-corrected chi connectivity index (χ2v) is 5.50. The Bertz CT molecular complexity index is 600. The average Bonchev–Trinajstić information content (AvgIpc) is 2.91. The molecule has 0 N–H and O–H groups in total. The summed E-state index contributed by atoms with van der Waals surface area (Å²) < 4.78 is 7.40. The lowest BCUT2D eigenvalue weighted by atomic mass is 10.1. The Morgan fingerprint density at radius 3 is 2.86 bits per heavy atom. The number of halogens is 2. The first-order valence-electron chi connectivity index (χ1n) is 6.70. The van der Waals surface area contributed by atoms with Crippen LogP contribution < -0.4 is 0 Å². The molecule has 2 aromatic rings. The maximum Gasteiger partial charge on any atom is 0.306 e. The van der Waals surface area contributed by atoms with Gasteiger partial charge in [0.25, 0.3) is 0 Å². The zero-order valence-corrected chi connectivity index (χ0v) is 13.1. The Hall–Kier alpha value is -1.52. The molecule has 0 aliphatic carbocycles. The van der Waals surface area contributed by atoms with E-state index in [2.05, 4.69) is 4.98 Å². The molecule has 0 aliphatic heterocycles. The summed E-state index contributed by atoms with van der Waals surface area (Å²) >= 11 is 12.1. The van der Waals surface area contributed by atoms with Crippen molar-refractivity contribution in [2.75, 3.05) is 0 Å². The topological polar surface area (TPSA) is 44.1 Å². The Labute approximate surface area is 133 Å². The summed E-state index contributed by atoms with van der Waals surface area (Å²) in [5.41, 5.74) is 0.735. The lowest BCUT2D eigenvalue weighted by Gasteiger charge is -2.20. The van der Waals surface area contributed by atoms with Gasteiger partial charge in [0.1, 0.15) is 6.10 Å². The van der Waals surface area contributed by atoms with Crippen LogP contribution >= 0.6 is 23.2 Å². The van der Waals surface area contributed by atoms with Gasteiger partial charge in [-0.25, -0.2) is 4.98 Å². The zero-order chi connectivity index (χ0) is 15.2. The molecule has 0 bridgehead atoms. The Kier molecular flexibility index (Phi) is 5.65. The number of esters is 1. The van der Waals surface area contributed by atoms with Gasteiger partial charge in [0.05, 0.1) is 12.9 Å². The van der Waals surface area contributed by atoms with Gasteiger partial charge in [0.2, 0.25) is 0 Å².